The first-order chi connectivity index (χ1) is 7.75. The van der Waals surface area contributed by atoms with E-state index < -0.39 is 0 Å². The minimum Gasteiger partial charge on any atom is -0.508 e. The van der Waals surface area contributed by atoms with Gasteiger partial charge >= 0.3 is 0 Å². The van der Waals surface area contributed by atoms with E-state index in [-0.39, 0.29) is 5.75 Å². The van der Waals surface area contributed by atoms with Crippen LogP contribution in [0.5, 0.6) is 5.75 Å². The minimum absolute atomic E-state index is 0.206. The molecule has 0 amide bonds. The van der Waals surface area contributed by atoms with E-state index in [9.17, 15) is 5.11 Å². The quantitative estimate of drug-likeness (QED) is 0.798. The van der Waals surface area contributed by atoms with Crippen molar-refractivity contribution in [2.45, 2.75) is 18.9 Å². The maximum absolute atomic E-state index is 9.40. The van der Waals surface area contributed by atoms with E-state index in [1.54, 1.807) is 22.9 Å². The predicted octanol–water partition coefficient (Wildman–Crippen LogP) is 1.57. The molecule has 1 aromatic carbocycles. The lowest BCUT2D eigenvalue weighted by Gasteiger charge is -2.01. The van der Waals surface area contributed by atoms with Gasteiger partial charge < -0.3 is 10.8 Å². The van der Waals surface area contributed by atoms with Gasteiger partial charge in [0.05, 0.1) is 6.04 Å². The Morgan fingerprint density at radius 1 is 1.38 bits per heavy atom. The molecule has 1 fully saturated rings. The first-order valence-corrected chi connectivity index (χ1v) is 5.26. The molecule has 3 N–H and O–H groups in total. The Bertz CT molecular complexity index is 531. The van der Waals surface area contributed by atoms with Crippen LogP contribution in [0.3, 0.4) is 0 Å². The molecule has 0 spiro atoms. The van der Waals surface area contributed by atoms with E-state index in [1.165, 1.54) is 0 Å². The number of aromatic hydroxyl groups is 1. The maximum Gasteiger partial charge on any atom is 0.150 e. The Morgan fingerprint density at radius 2 is 2.19 bits per heavy atom. The molecule has 0 bridgehead atoms. The standard InChI is InChI=1S/C11H12N4O/c12-11-10(7-2-1-3-9(16)6-7)13-14-15(11)8-4-5-8/h1-3,6,8,16H,4-5,12H2. The summed E-state index contributed by atoms with van der Waals surface area (Å²) in [5.74, 6) is 0.783. The van der Waals surface area contributed by atoms with Crippen molar-refractivity contribution in [3.05, 3.63) is 24.3 Å². The van der Waals surface area contributed by atoms with E-state index >= 15 is 0 Å². The van der Waals surface area contributed by atoms with Crippen molar-refractivity contribution in [2.24, 2.45) is 0 Å². The van der Waals surface area contributed by atoms with Crippen LogP contribution >= 0.6 is 0 Å². The molecule has 1 aromatic heterocycles. The lowest BCUT2D eigenvalue weighted by atomic mass is 10.1. The van der Waals surface area contributed by atoms with E-state index in [4.69, 9.17) is 5.73 Å². The minimum atomic E-state index is 0.206. The van der Waals surface area contributed by atoms with Gasteiger partial charge in [-0.05, 0) is 25.0 Å². The number of anilines is 1. The zero-order valence-corrected chi connectivity index (χ0v) is 8.67. The normalized spacial score (nSPS) is 15.2. The zero-order valence-electron chi connectivity index (χ0n) is 8.67. The summed E-state index contributed by atoms with van der Waals surface area (Å²) in [5.41, 5.74) is 7.42. The van der Waals surface area contributed by atoms with E-state index in [2.05, 4.69) is 10.3 Å². The van der Waals surface area contributed by atoms with Crippen LogP contribution in [0.15, 0.2) is 24.3 Å². The number of hydrogen-bond donors (Lipinski definition) is 2. The van der Waals surface area contributed by atoms with Gasteiger partial charge in [-0.3, -0.25) is 0 Å². The number of nitrogen functional groups attached to an aromatic ring is 1. The molecule has 3 rings (SSSR count). The number of hydrogen-bond acceptors (Lipinski definition) is 4. The van der Waals surface area contributed by atoms with Gasteiger partial charge in [0.25, 0.3) is 0 Å². The topological polar surface area (TPSA) is 77.0 Å². The highest BCUT2D eigenvalue weighted by Gasteiger charge is 2.28. The van der Waals surface area contributed by atoms with Crippen LogP contribution in [0.1, 0.15) is 18.9 Å². The fourth-order valence-corrected chi connectivity index (χ4v) is 1.75. The van der Waals surface area contributed by atoms with Crippen molar-refractivity contribution < 1.29 is 5.11 Å². The van der Waals surface area contributed by atoms with Crippen LogP contribution in [-0.4, -0.2) is 20.1 Å². The maximum atomic E-state index is 9.40. The molecule has 0 atom stereocenters. The Balaban J connectivity index is 2.06. The highest BCUT2D eigenvalue weighted by molar-refractivity contribution is 5.70. The van der Waals surface area contributed by atoms with Crippen LogP contribution in [-0.2, 0) is 0 Å². The van der Waals surface area contributed by atoms with Crippen molar-refractivity contribution in [3.63, 3.8) is 0 Å². The molecule has 0 unspecified atom stereocenters. The first kappa shape index (κ1) is 9.21. The van der Waals surface area contributed by atoms with Gasteiger partial charge in [0.1, 0.15) is 11.4 Å². The predicted molar refractivity (Wildman–Crippen MR) is 59.8 cm³/mol. The van der Waals surface area contributed by atoms with Crippen LogP contribution in [0.25, 0.3) is 11.3 Å². The molecule has 5 heteroatoms. The molecule has 2 aromatic rings. The number of nitrogens with zero attached hydrogens (tertiary/aromatic N) is 3. The molecule has 0 saturated heterocycles. The van der Waals surface area contributed by atoms with Crippen molar-refractivity contribution in [3.8, 4) is 17.0 Å². The summed E-state index contributed by atoms with van der Waals surface area (Å²) in [6, 6.07) is 7.29. The fourth-order valence-electron chi connectivity index (χ4n) is 1.75. The summed E-state index contributed by atoms with van der Waals surface area (Å²) in [7, 11) is 0. The zero-order chi connectivity index (χ0) is 11.1. The SMILES string of the molecule is Nc1c(-c2cccc(O)c2)nnn1C1CC1. The molecule has 0 radical (unpaired) electrons. The van der Waals surface area contributed by atoms with Gasteiger partial charge in [-0.1, -0.05) is 17.3 Å². The molecule has 82 valence electrons. The van der Waals surface area contributed by atoms with Gasteiger partial charge in [0.15, 0.2) is 5.82 Å². The first-order valence-electron chi connectivity index (χ1n) is 5.26. The highest BCUT2D eigenvalue weighted by atomic mass is 16.3. The smallest absolute Gasteiger partial charge is 0.150 e. The number of phenolic OH excluding ortho intramolecular Hbond substituents is 1. The Kier molecular flexibility index (Phi) is 1.86. The molecule has 1 aliphatic rings. The monoisotopic (exact) mass is 216 g/mol. The second-order valence-corrected chi connectivity index (χ2v) is 4.05. The van der Waals surface area contributed by atoms with Crippen molar-refractivity contribution in [2.75, 3.05) is 5.73 Å². The summed E-state index contributed by atoms with van der Waals surface area (Å²) in [6.07, 6.45) is 2.24. The Labute approximate surface area is 92.5 Å². The largest absolute Gasteiger partial charge is 0.508 e. The lowest BCUT2D eigenvalue weighted by molar-refractivity contribution is 0.475. The summed E-state index contributed by atoms with van der Waals surface area (Å²) in [4.78, 5) is 0. The van der Waals surface area contributed by atoms with E-state index in [0.29, 0.717) is 17.6 Å². The molecular formula is C11H12N4O. The van der Waals surface area contributed by atoms with Gasteiger partial charge in [0.2, 0.25) is 0 Å². The average Bonchev–Trinajstić information content (AvgIpc) is 3.03. The second-order valence-electron chi connectivity index (χ2n) is 4.05. The fraction of sp³-hybridized carbons (Fsp3) is 0.273. The van der Waals surface area contributed by atoms with Crippen molar-refractivity contribution in [1.29, 1.82) is 0 Å². The molecule has 1 aliphatic carbocycles. The van der Waals surface area contributed by atoms with Gasteiger partial charge in [-0.2, -0.15) is 0 Å². The average molecular weight is 216 g/mol. The molecule has 5 nitrogen and oxygen atoms in total. The summed E-state index contributed by atoms with van der Waals surface area (Å²) in [6.45, 7) is 0. The van der Waals surface area contributed by atoms with Gasteiger partial charge in [-0.25, -0.2) is 4.68 Å². The van der Waals surface area contributed by atoms with E-state index in [0.717, 1.165) is 18.4 Å². The third-order valence-electron chi connectivity index (χ3n) is 2.74. The number of rotatable bonds is 2. The lowest BCUT2D eigenvalue weighted by Crippen LogP contribution is -2.02. The molecule has 16 heavy (non-hydrogen) atoms. The van der Waals surface area contributed by atoms with Crippen LogP contribution in [0.2, 0.25) is 0 Å². The summed E-state index contributed by atoms with van der Waals surface area (Å²) >= 11 is 0. The van der Waals surface area contributed by atoms with Crippen molar-refractivity contribution >= 4 is 5.82 Å². The van der Waals surface area contributed by atoms with Crippen LogP contribution < -0.4 is 5.73 Å². The third-order valence-corrected chi connectivity index (χ3v) is 2.74. The van der Waals surface area contributed by atoms with Crippen molar-refractivity contribution in [1.82, 2.24) is 15.0 Å². The van der Waals surface area contributed by atoms with Crippen LogP contribution in [0.4, 0.5) is 5.82 Å². The summed E-state index contributed by atoms with van der Waals surface area (Å²) in [5, 5.41) is 17.5. The number of phenols is 1. The number of nitrogens with two attached hydrogens (primary N) is 1. The third kappa shape index (κ3) is 1.41. The second kappa shape index (κ2) is 3.23. The Morgan fingerprint density at radius 3 is 2.88 bits per heavy atom. The number of benzene rings is 1. The highest BCUT2D eigenvalue weighted by Crippen LogP contribution is 2.38. The van der Waals surface area contributed by atoms with Gasteiger partial charge in [-0.15, -0.1) is 5.10 Å². The van der Waals surface area contributed by atoms with E-state index in [1.807, 2.05) is 6.07 Å². The van der Waals surface area contributed by atoms with Crippen LogP contribution in [0, 0.1) is 0 Å². The molecule has 1 heterocycles. The summed E-state index contributed by atoms with van der Waals surface area (Å²) < 4.78 is 1.76. The van der Waals surface area contributed by atoms with Gasteiger partial charge in [0, 0.05) is 5.56 Å². The number of aromatic nitrogens is 3. The molecule has 1 saturated carbocycles. The molecule has 0 aliphatic heterocycles. The molecular weight excluding hydrogens is 204 g/mol. The Hall–Kier alpha value is -2.04.